The molecule has 3 aromatic rings. The van der Waals surface area contributed by atoms with Gasteiger partial charge in [-0.25, -0.2) is 9.78 Å². The van der Waals surface area contributed by atoms with Crippen LogP contribution in [0.4, 0.5) is 0 Å². The Morgan fingerprint density at radius 2 is 1.96 bits per heavy atom. The highest BCUT2D eigenvalue weighted by atomic mass is 16.5. The van der Waals surface area contributed by atoms with Crippen LogP contribution in [0.5, 0.6) is 0 Å². The minimum absolute atomic E-state index is 0.0771. The van der Waals surface area contributed by atoms with Crippen molar-refractivity contribution in [2.45, 2.75) is 12.8 Å². The van der Waals surface area contributed by atoms with Gasteiger partial charge in [0.05, 0.1) is 30.7 Å². The van der Waals surface area contributed by atoms with E-state index in [0.717, 1.165) is 16.8 Å². The molecular weight excluding hydrogens is 292 g/mol. The summed E-state index contributed by atoms with van der Waals surface area (Å²) >= 11 is 0. The highest BCUT2D eigenvalue weighted by molar-refractivity contribution is 5.90. The molecule has 0 fully saturated rings. The lowest BCUT2D eigenvalue weighted by molar-refractivity contribution is -0.117. The minimum Gasteiger partial charge on any atom is -0.465 e. The highest BCUT2D eigenvalue weighted by Crippen LogP contribution is 2.11. The van der Waals surface area contributed by atoms with Gasteiger partial charge in [-0.1, -0.05) is 18.2 Å². The van der Waals surface area contributed by atoms with Crippen molar-refractivity contribution in [3.8, 4) is 0 Å². The van der Waals surface area contributed by atoms with Crippen LogP contribution in [0, 0.1) is 0 Å². The van der Waals surface area contributed by atoms with Crippen molar-refractivity contribution in [3.63, 3.8) is 0 Å². The van der Waals surface area contributed by atoms with E-state index >= 15 is 0 Å². The van der Waals surface area contributed by atoms with Gasteiger partial charge >= 0.3 is 5.97 Å². The molecule has 116 valence electrons. The number of hydrogen-bond donors (Lipinski definition) is 0. The third-order valence-corrected chi connectivity index (χ3v) is 3.66. The summed E-state index contributed by atoms with van der Waals surface area (Å²) < 4.78 is 6.60. The average molecular weight is 308 g/mol. The third-order valence-electron chi connectivity index (χ3n) is 3.66. The predicted octanol–water partition coefficient (Wildman–Crippen LogP) is 2.48. The molecule has 5 heteroatoms. The molecular formula is C18H16N2O3. The Labute approximate surface area is 133 Å². The second-order valence-corrected chi connectivity index (χ2v) is 5.29. The standard InChI is InChI=1S/C18H16N2O3/c1-23-18(22)14-5-2-4-13(8-14)9-17(21)10-15-6-3-7-16-11-19-12-20(15)16/h2-8,11-12H,9-10H2,1H3. The number of pyridine rings is 1. The maximum atomic E-state index is 12.3. The third kappa shape index (κ3) is 3.29. The summed E-state index contributed by atoms with van der Waals surface area (Å²) in [6.07, 6.45) is 4.05. The van der Waals surface area contributed by atoms with Gasteiger partial charge in [0.2, 0.25) is 0 Å². The normalized spacial score (nSPS) is 10.7. The zero-order valence-electron chi connectivity index (χ0n) is 12.7. The van der Waals surface area contributed by atoms with Crippen LogP contribution in [-0.2, 0) is 22.4 Å². The summed E-state index contributed by atoms with van der Waals surface area (Å²) in [6.45, 7) is 0. The molecule has 0 spiro atoms. The van der Waals surface area contributed by atoms with Crippen LogP contribution in [0.2, 0.25) is 0 Å². The first-order valence-corrected chi connectivity index (χ1v) is 7.26. The Kier molecular flexibility index (Phi) is 4.19. The molecule has 0 saturated heterocycles. The molecule has 0 aliphatic carbocycles. The number of methoxy groups -OCH3 is 1. The molecule has 3 rings (SSSR count). The van der Waals surface area contributed by atoms with Crippen LogP contribution in [-0.4, -0.2) is 28.2 Å². The lowest BCUT2D eigenvalue weighted by Crippen LogP contribution is -2.10. The van der Waals surface area contributed by atoms with E-state index in [-0.39, 0.29) is 12.2 Å². The van der Waals surface area contributed by atoms with Gasteiger partial charge in [-0.15, -0.1) is 0 Å². The second-order valence-electron chi connectivity index (χ2n) is 5.29. The topological polar surface area (TPSA) is 60.7 Å². The number of Topliss-reactive ketones (excluding diaryl/α,β-unsaturated/α-hetero) is 1. The second kappa shape index (κ2) is 6.44. The largest absolute Gasteiger partial charge is 0.465 e. The van der Waals surface area contributed by atoms with Crippen molar-refractivity contribution < 1.29 is 14.3 Å². The van der Waals surface area contributed by atoms with E-state index in [1.165, 1.54) is 7.11 Å². The first-order chi connectivity index (χ1) is 11.2. The van der Waals surface area contributed by atoms with E-state index in [0.29, 0.717) is 12.0 Å². The number of rotatable bonds is 5. The number of aromatic nitrogens is 2. The molecule has 0 N–H and O–H groups in total. The summed E-state index contributed by atoms with van der Waals surface area (Å²) in [6, 6.07) is 12.7. The number of carbonyl (C=O) groups excluding carboxylic acids is 2. The lowest BCUT2D eigenvalue weighted by atomic mass is 10.0. The van der Waals surface area contributed by atoms with Crippen molar-refractivity contribution in [2.75, 3.05) is 7.11 Å². The highest BCUT2D eigenvalue weighted by Gasteiger charge is 2.11. The Bertz CT molecular complexity index is 867. The Morgan fingerprint density at radius 1 is 1.13 bits per heavy atom. The van der Waals surface area contributed by atoms with Crippen molar-refractivity contribution in [1.29, 1.82) is 0 Å². The number of carbonyl (C=O) groups is 2. The Hall–Kier alpha value is -2.95. The van der Waals surface area contributed by atoms with Crippen LogP contribution < -0.4 is 0 Å². The quantitative estimate of drug-likeness (QED) is 0.679. The number of ketones is 1. The van der Waals surface area contributed by atoms with Crippen molar-refractivity contribution >= 4 is 17.3 Å². The summed E-state index contributed by atoms with van der Waals surface area (Å²) in [5.74, 6) is -0.323. The number of nitrogens with zero attached hydrogens (tertiary/aromatic N) is 2. The SMILES string of the molecule is COC(=O)c1cccc(CC(=O)Cc2cccc3cncn23)c1. The molecule has 0 amide bonds. The molecule has 0 unspecified atom stereocenters. The number of hydrogen-bond acceptors (Lipinski definition) is 4. The molecule has 2 aromatic heterocycles. The monoisotopic (exact) mass is 308 g/mol. The molecule has 0 bridgehead atoms. The maximum absolute atomic E-state index is 12.3. The average Bonchev–Trinajstić information content (AvgIpc) is 3.04. The number of ether oxygens (including phenoxy) is 1. The van der Waals surface area contributed by atoms with Crippen LogP contribution in [0.15, 0.2) is 55.0 Å². The van der Waals surface area contributed by atoms with E-state index in [9.17, 15) is 9.59 Å². The van der Waals surface area contributed by atoms with Crippen LogP contribution in [0.25, 0.3) is 5.52 Å². The predicted molar refractivity (Wildman–Crippen MR) is 85.4 cm³/mol. The summed E-state index contributed by atoms with van der Waals surface area (Å²) in [5.41, 5.74) is 3.11. The first-order valence-electron chi connectivity index (χ1n) is 7.26. The molecule has 0 atom stereocenters. The first kappa shape index (κ1) is 15.0. The van der Waals surface area contributed by atoms with E-state index in [4.69, 9.17) is 4.74 Å². The smallest absolute Gasteiger partial charge is 0.337 e. The van der Waals surface area contributed by atoms with Gasteiger partial charge < -0.3 is 9.14 Å². The van der Waals surface area contributed by atoms with Crippen molar-refractivity contribution in [3.05, 3.63) is 71.8 Å². The lowest BCUT2D eigenvalue weighted by Gasteiger charge is -2.06. The van der Waals surface area contributed by atoms with E-state index < -0.39 is 5.97 Å². The van der Waals surface area contributed by atoms with Crippen molar-refractivity contribution in [1.82, 2.24) is 9.38 Å². The number of fused-ring (bicyclic) bond motifs is 1. The fourth-order valence-electron chi connectivity index (χ4n) is 2.57. The Morgan fingerprint density at radius 3 is 2.78 bits per heavy atom. The summed E-state index contributed by atoms with van der Waals surface area (Å²) in [4.78, 5) is 28.0. The van der Waals surface area contributed by atoms with E-state index in [1.54, 1.807) is 30.7 Å². The van der Waals surface area contributed by atoms with Gasteiger partial charge in [-0.05, 0) is 29.8 Å². The van der Waals surface area contributed by atoms with Gasteiger partial charge in [0, 0.05) is 18.5 Å². The van der Waals surface area contributed by atoms with Gasteiger partial charge in [-0.2, -0.15) is 0 Å². The van der Waals surface area contributed by atoms with E-state index in [2.05, 4.69) is 4.98 Å². The van der Waals surface area contributed by atoms with Gasteiger partial charge in [0.25, 0.3) is 0 Å². The van der Waals surface area contributed by atoms with E-state index in [1.807, 2.05) is 28.7 Å². The minimum atomic E-state index is -0.400. The van der Waals surface area contributed by atoms with Gasteiger partial charge in [0.15, 0.2) is 0 Å². The van der Waals surface area contributed by atoms with Gasteiger partial charge in [0.1, 0.15) is 5.78 Å². The Balaban J connectivity index is 1.75. The van der Waals surface area contributed by atoms with Crippen LogP contribution in [0.3, 0.4) is 0 Å². The zero-order chi connectivity index (χ0) is 16.2. The van der Waals surface area contributed by atoms with Crippen LogP contribution in [0.1, 0.15) is 21.6 Å². The molecule has 1 aromatic carbocycles. The molecule has 2 heterocycles. The van der Waals surface area contributed by atoms with Crippen LogP contribution >= 0.6 is 0 Å². The summed E-state index contributed by atoms with van der Waals surface area (Å²) in [7, 11) is 1.34. The maximum Gasteiger partial charge on any atom is 0.337 e. The number of esters is 1. The number of benzene rings is 1. The molecule has 0 aliphatic rings. The zero-order valence-corrected chi connectivity index (χ0v) is 12.7. The number of imidazole rings is 1. The molecule has 0 radical (unpaired) electrons. The molecule has 0 saturated carbocycles. The van der Waals surface area contributed by atoms with Crippen molar-refractivity contribution in [2.24, 2.45) is 0 Å². The fourth-order valence-corrected chi connectivity index (χ4v) is 2.57. The fraction of sp³-hybridized carbons (Fsp3) is 0.167. The molecule has 23 heavy (non-hydrogen) atoms. The van der Waals surface area contributed by atoms with Gasteiger partial charge in [-0.3, -0.25) is 4.79 Å². The molecule has 5 nitrogen and oxygen atoms in total. The molecule has 0 aliphatic heterocycles. The summed E-state index contributed by atoms with van der Waals surface area (Å²) in [5, 5.41) is 0.